The summed E-state index contributed by atoms with van der Waals surface area (Å²) in [5.41, 5.74) is 1.92. The lowest BCUT2D eigenvalue weighted by molar-refractivity contribution is 0.682. The number of aromatic amines is 1. The number of rotatable bonds is 2. The summed E-state index contributed by atoms with van der Waals surface area (Å²) in [4.78, 5) is 25.6. The Balaban J connectivity index is 1.97. The predicted octanol–water partition coefficient (Wildman–Crippen LogP) is 1.81. The Morgan fingerprint density at radius 3 is 3.00 bits per heavy atom. The molecule has 1 fully saturated rings. The second-order valence-corrected chi connectivity index (χ2v) is 4.87. The number of anilines is 1. The van der Waals surface area contributed by atoms with Gasteiger partial charge in [0.05, 0.1) is 12.2 Å². The third-order valence-electron chi connectivity index (χ3n) is 3.45. The number of nitrogens with one attached hydrogen (secondary N) is 1. The van der Waals surface area contributed by atoms with Gasteiger partial charge in [0.15, 0.2) is 5.43 Å². The van der Waals surface area contributed by atoms with Crippen molar-refractivity contribution in [3.05, 3.63) is 52.3 Å². The average Bonchev–Trinajstić information content (AvgIpc) is 2.88. The standard InChI is InChI=1S/C14H16N4O/c1-10-7-11(19)8-12(17-10)13-3-2-6-18(13)14-9-15-4-5-16-14/h4-5,7-9,13H,2-3,6H2,1H3,(H,17,19)/t13-/m0/s1. The van der Waals surface area contributed by atoms with Crippen molar-refractivity contribution in [2.24, 2.45) is 0 Å². The van der Waals surface area contributed by atoms with Crippen molar-refractivity contribution in [3.8, 4) is 0 Å². The molecule has 0 aromatic carbocycles. The van der Waals surface area contributed by atoms with Gasteiger partial charge in [-0.2, -0.15) is 0 Å². The number of pyridine rings is 1. The SMILES string of the molecule is Cc1cc(=O)cc([C@@H]2CCCN2c2cnccn2)[nH]1. The monoisotopic (exact) mass is 256 g/mol. The smallest absolute Gasteiger partial charge is 0.182 e. The van der Waals surface area contributed by atoms with Crippen molar-refractivity contribution >= 4 is 5.82 Å². The number of hydrogen-bond donors (Lipinski definition) is 1. The van der Waals surface area contributed by atoms with Crippen LogP contribution in [0.1, 0.15) is 30.3 Å². The maximum atomic E-state index is 11.6. The summed E-state index contributed by atoms with van der Waals surface area (Å²) in [5, 5.41) is 0. The van der Waals surface area contributed by atoms with Gasteiger partial charge < -0.3 is 9.88 Å². The Hall–Kier alpha value is -2.17. The Labute approximate surface area is 111 Å². The van der Waals surface area contributed by atoms with Gasteiger partial charge in [-0.3, -0.25) is 9.78 Å². The van der Waals surface area contributed by atoms with Gasteiger partial charge in [0.2, 0.25) is 0 Å². The molecule has 1 aliphatic rings. The summed E-state index contributed by atoms with van der Waals surface area (Å²) in [5.74, 6) is 0.868. The van der Waals surface area contributed by atoms with E-state index in [2.05, 4.69) is 19.9 Å². The molecule has 0 unspecified atom stereocenters. The maximum Gasteiger partial charge on any atom is 0.182 e. The van der Waals surface area contributed by atoms with Crippen LogP contribution in [-0.4, -0.2) is 21.5 Å². The first-order valence-electron chi connectivity index (χ1n) is 6.47. The third-order valence-corrected chi connectivity index (χ3v) is 3.45. The van der Waals surface area contributed by atoms with Crippen molar-refractivity contribution < 1.29 is 0 Å². The van der Waals surface area contributed by atoms with Gasteiger partial charge in [-0.25, -0.2) is 4.98 Å². The molecule has 5 nitrogen and oxygen atoms in total. The van der Waals surface area contributed by atoms with Gasteiger partial charge in [0.25, 0.3) is 0 Å². The van der Waals surface area contributed by atoms with Crippen LogP contribution in [0.3, 0.4) is 0 Å². The number of hydrogen-bond acceptors (Lipinski definition) is 4. The van der Waals surface area contributed by atoms with Crippen LogP contribution < -0.4 is 10.3 Å². The fourth-order valence-electron chi connectivity index (χ4n) is 2.69. The lowest BCUT2D eigenvalue weighted by Crippen LogP contribution is -2.25. The molecule has 2 aromatic heterocycles. The van der Waals surface area contributed by atoms with E-state index < -0.39 is 0 Å². The van der Waals surface area contributed by atoms with Gasteiger partial charge in [0.1, 0.15) is 5.82 Å². The van der Waals surface area contributed by atoms with Gasteiger partial charge in [-0.1, -0.05) is 0 Å². The van der Waals surface area contributed by atoms with Crippen LogP contribution in [-0.2, 0) is 0 Å². The van der Waals surface area contributed by atoms with Crippen molar-refractivity contribution in [1.82, 2.24) is 15.0 Å². The summed E-state index contributed by atoms with van der Waals surface area (Å²) in [6.45, 7) is 2.85. The van der Waals surface area contributed by atoms with E-state index in [0.717, 1.165) is 36.6 Å². The molecule has 5 heteroatoms. The molecule has 19 heavy (non-hydrogen) atoms. The maximum absolute atomic E-state index is 11.6. The molecule has 0 spiro atoms. The molecule has 98 valence electrons. The predicted molar refractivity (Wildman–Crippen MR) is 73.2 cm³/mol. The van der Waals surface area contributed by atoms with Crippen LogP contribution in [0, 0.1) is 6.92 Å². The van der Waals surface area contributed by atoms with E-state index in [1.54, 1.807) is 30.7 Å². The lowest BCUT2D eigenvalue weighted by atomic mass is 10.1. The highest BCUT2D eigenvalue weighted by Crippen LogP contribution is 2.33. The molecule has 2 aromatic rings. The Bertz CT molecular complexity index is 623. The summed E-state index contributed by atoms with van der Waals surface area (Å²) < 4.78 is 0. The summed E-state index contributed by atoms with van der Waals surface area (Å²) in [6.07, 6.45) is 7.26. The zero-order chi connectivity index (χ0) is 13.2. The molecule has 0 amide bonds. The minimum atomic E-state index is 0.0530. The highest BCUT2D eigenvalue weighted by molar-refractivity contribution is 5.40. The molecule has 1 saturated heterocycles. The first-order chi connectivity index (χ1) is 9.24. The van der Waals surface area contributed by atoms with Crippen molar-refractivity contribution in [3.63, 3.8) is 0 Å². The largest absolute Gasteiger partial charge is 0.361 e. The molecule has 3 heterocycles. The van der Waals surface area contributed by atoms with Gasteiger partial charge in [-0.15, -0.1) is 0 Å². The Kier molecular flexibility index (Phi) is 3.03. The minimum absolute atomic E-state index is 0.0530. The van der Waals surface area contributed by atoms with Crippen LogP contribution in [0.5, 0.6) is 0 Å². The third kappa shape index (κ3) is 2.36. The molecular formula is C14H16N4O. The number of nitrogens with zero attached hydrogens (tertiary/aromatic N) is 3. The number of aromatic nitrogens is 3. The van der Waals surface area contributed by atoms with Crippen LogP contribution >= 0.6 is 0 Å². The Morgan fingerprint density at radius 2 is 2.26 bits per heavy atom. The van der Waals surface area contributed by atoms with Gasteiger partial charge >= 0.3 is 0 Å². The molecule has 0 aliphatic carbocycles. The summed E-state index contributed by atoms with van der Waals surface area (Å²) >= 11 is 0. The molecule has 1 aliphatic heterocycles. The second kappa shape index (κ2) is 4.84. The van der Waals surface area contributed by atoms with E-state index in [1.165, 1.54) is 0 Å². The normalized spacial score (nSPS) is 18.8. The number of aryl methyl sites for hydroxylation is 1. The van der Waals surface area contributed by atoms with Crippen LogP contribution in [0.4, 0.5) is 5.82 Å². The van der Waals surface area contributed by atoms with Crippen LogP contribution in [0.2, 0.25) is 0 Å². The zero-order valence-electron chi connectivity index (χ0n) is 10.8. The first kappa shape index (κ1) is 11.9. The molecule has 0 radical (unpaired) electrons. The topological polar surface area (TPSA) is 61.9 Å². The van der Waals surface area contributed by atoms with E-state index in [0.29, 0.717) is 0 Å². The highest BCUT2D eigenvalue weighted by Gasteiger charge is 2.28. The van der Waals surface area contributed by atoms with E-state index in [-0.39, 0.29) is 11.5 Å². The highest BCUT2D eigenvalue weighted by atomic mass is 16.1. The molecule has 1 atom stereocenters. The molecule has 0 bridgehead atoms. The average molecular weight is 256 g/mol. The molecular weight excluding hydrogens is 240 g/mol. The molecule has 0 saturated carbocycles. The first-order valence-corrected chi connectivity index (χ1v) is 6.47. The van der Waals surface area contributed by atoms with Crippen LogP contribution in [0.15, 0.2) is 35.5 Å². The van der Waals surface area contributed by atoms with E-state index >= 15 is 0 Å². The van der Waals surface area contributed by atoms with Crippen molar-refractivity contribution in [2.45, 2.75) is 25.8 Å². The fourth-order valence-corrected chi connectivity index (χ4v) is 2.69. The summed E-state index contributed by atoms with van der Waals surface area (Å²) in [6, 6.07) is 3.49. The molecule has 3 rings (SSSR count). The fraction of sp³-hybridized carbons (Fsp3) is 0.357. The van der Waals surface area contributed by atoms with Crippen molar-refractivity contribution in [1.29, 1.82) is 0 Å². The molecule has 1 N–H and O–H groups in total. The lowest BCUT2D eigenvalue weighted by Gasteiger charge is -2.25. The Morgan fingerprint density at radius 1 is 1.37 bits per heavy atom. The minimum Gasteiger partial charge on any atom is -0.361 e. The zero-order valence-corrected chi connectivity index (χ0v) is 10.8. The van der Waals surface area contributed by atoms with Crippen LogP contribution in [0.25, 0.3) is 0 Å². The van der Waals surface area contributed by atoms with E-state index in [9.17, 15) is 4.79 Å². The van der Waals surface area contributed by atoms with Gasteiger partial charge in [0, 0.05) is 42.5 Å². The number of H-pyrrole nitrogens is 1. The van der Waals surface area contributed by atoms with E-state index in [4.69, 9.17) is 0 Å². The van der Waals surface area contributed by atoms with E-state index in [1.807, 2.05) is 6.92 Å². The quantitative estimate of drug-likeness (QED) is 0.890. The van der Waals surface area contributed by atoms with Gasteiger partial charge in [-0.05, 0) is 19.8 Å². The summed E-state index contributed by atoms with van der Waals surface area (Å²) in [7, 11) is 0. The second-order valence-electron chi connectivity index (χ2n) is 4.87. The van der Waals surface area contributed by atoms with Crippen molar-refractivity contribution in [2.75, 3.05) is 11.4 Å².